The largest absolute Gasteiger partial charge is 0.326 e. The summed E-state index contributed by atoms with van der Waals surface area (Å²) < 4.78 is 0. The minimum atomic E-state index is 0. The Kier molecular flexibility index (Phi) is 6.74. The van der Waals surface area contributed by atoms with Crippen LogP contribution >= 0.6 is 24.2 Å². The van der Waals surface area contributed by atoms with Gasteiger partial charge in [0.05, 0.1) is 0 Å². The van der Waals surface area contributed by atoms with Gasteiger partial charge in [0.15, 0.2) is 0 Å². The van der Waals surface area contributed by atoms with E-state index in [0.717, 1.165) is 42.3 Å². The Labute approximate surface area is 146 Å². The molecule has 2 aliphatic rings. The highest BCUT2D eigenvalue weighted by atomic mass is 35.5. The first-order chi connectivity index (χ1) is 10.7. The molecule has 1 atom stereocenters. The minimum absolute atomic E-state index is 0. The van der Waals surface area contributed by atoms with Crippen LogP contribution in [-0.4, -0.2) is 35.9 Å². The number of carbonyl (C=O) groups excluding carboxylic acids is 2. The van der Waals surface area contributed by atoms with Crippen molar-refractivity contribution in [2.75, 3.05) is 28.7 Å². The zero-order valence-electron chi connectivity index (χ0n) is 12.8. The van der Waals surface area contributed by atoms with Gasteiger partial charge in [-0.05, 0) is 31.0 Å². The topological polar surface area (TPSA) is 70.2 Å². The zero-order chi connectivity index (χ0) is 15.4. The number of rotatable bonds is 5. The summed E-state index contributed by atoms with van der Waals surface area (Å²) in [5.41, 5.74) is 1.46. The smallest absolute Gasteiger partial charge is 0.227 e. The molecule has 1 saturated heterocycles. The Balaban J connectivity index is 0.00000192. The maximum absolute atomic E-state index is 12.1. The lowest BCUT2D eigenvalue weighted by Crippen LogP contribution is -2.39. The molecule has 1 aliphatic carbocycles. The molecule has 0 bridgehead atoms. The molecule has 1 heterocycles. The van der Waals surface area contributed by atoms with E-state index in [2.05, 4.69) is 16.0 Å². The van der Waals surface area contributed by atoms with Crippen LogP contribution in [0, 0.1) is 5.92 Å². The van der Waals surface area contributed by atoms with Crippen LogP contribution in [0.2, 0.25) is 0 Å². The predicted molar refractivity (Wildman–Crippen MR) is 97.4 cm³/mol. The fourth-order valence-electron chi connectivity index (χ4n) is 2.45. The van der Waals surface area contributed by atoms with E-state index in [0.29, 0.717) is 6.42 Å². The van der Waals surface area contributed by atoms with Crippen molar-refractivity contribution in [2.24, 2.45) is 5.92 Å². The van der Waals surface area contributed by atoms with E-state index in [-0.39, 0.29) is 36.2 Å². The van der Waals surface area contributed by atoms with E-state index in [1.165, 1.54) is 0 Å². The summed E-state index contributed by atoms with van der Waals surface area (Å²) in [7, 11) is 0. The average Bonchev–Trinajstić information content (AvgIpc) is 3.33. The van der Waals surface area contributed by atoms with E-state index >= 15 is 0 Å². The van der Waals surface area contributed by atoms with Gasteiger partial charge < -0.3 is 16.0 Å². The molecule has 126 valence electrons. The van der Waals surface area contributed by atoms with E-state index in [1.54, 1.807) is 6.07 Å². The maximum Gasteiger partial charge on any atom is 0.227 e. The molecule has 0 radical (unpaired) electrons. The van der Waals surface area contributed by atoms with Crippen molar-refractivity contribution in [1.82, 2.24) is 5.32 Å². The second-order valence-corrected chi connectivity index (χ2v) is 6.97. The molecule has 2 amide bonds. The summed E-state index contributed by atoms with van der Waals surface area (Å²) in [5.74, 6) is 2.34. The van der Waals surface area contributed by atoms with Crippen molar-refractivity contribution < 1.29 is 9.59 Å². The lowest BCUT2D eigenvalue weighted by molar-refractivity contribution is -0.117. The van der Waals surface area contributed by atoms with Crippen LogP contribution < -0.4 is 16.0 Å². The van der Waals surface area contributed by atoms with Gasteiger partial charge in [0.2, 0.25) is 11.8 Å². The molecule has 7 heteroatoms. The van der Waals surface area contributed by atoms with Crippen LogP contribution in [0.15, 0.2) is 24.3 Å². The summed E-state index contributed by atoms with van der Waals surface area (Å²) in [5, 5.41) is 9.16. The average molecular weight is 356 g/mol. The Morgan fingerprint density at radius 1 is 1.22 bits per heavy atom. The molecule has 0 spiro atoms. The number of halogens is 1. The van der Waals surface area contributed by atoms with Gasteiger partial charge in [0.25, 0.3) is 0 Å². The van der Waals surface area contributed by atoms with Crippen molar-refractivity contribution in [3.63, 3.8) is 0 Å². The summed E-state index contributed by atoms with van der Waals surface area (Å²) in [6.45, 7) is 0.964. The molecule has 0 aromatic heterocycles. The number of anilines is 2. The van der Waals surface area contributed by atoms with Gasteiger partial charge >= 0.3 is 0 Å². The van der Waals surface area contributed by atoms with E-state index in [4.69, 9.17) is 0 Å². The Morgan fingerprint density at radius 3 is 2.61 bits per heavy atom. The molecule has 3 rings (SSSR count). The highest BCUT2D eigenvalue weighted by molar-refractivity contribution is 7.99. The lowest BCUT2D eigenvalue weighted by atomic mass is 10.2. The molecule has 1 unspecified atom stereocenters. The number of benzene rings is 1. The SMILES string of the molecule is Cl.O=C(CC1CSCCN1)Nc1cccc(NC(=O)C2CC2)c1. The van der Waals surface area contributed by atoms with Crippen LogP contribution in [0.25, 0.3) is 0 Å². The molecule has 1 saturated carbocycles. The molecule has 5 nitrogen and oxygen atoms in total. The molecule has 3 N–H and O–H groups in total. The van der Waals surface area contributed by atoms with E-state index in [1.807, 2.05) is 30.0 Å². The third-order valence-corrected chi connectivity index (χ3v) is 4.92. The maximum atomic E-state index is 12.1. The van der Waals surface area contributed by atoms with E-state index < -0.39 is 0 Å². The van der Waals surface area contributed by atoms with Crippen molar-refractivity contribution >= 4 is 47.4 Å². The normalized spacial score (nSPS) is 20.3. The molecular weight excluding hydrogens is 334 g/mol. The number of hydrogen-bond acceptors (Lipinski definition) is 4. The Hall–Kier alpha value is -1.24. The van der Waals surface area contributed by atoms with Gasteiger partial charge in [0.1, 0.15) is 0 Å². The molecule has 1 aromatic carbocycles. The van der Waals surface area contributed by atoms with Crippen LogP contribution in [0.1, 0.15) is 19.3 Å². The lowest BCUT2D eigenvalue weighted by Gasteiger charge is -2.22. The summed E-state index contributed by atoms with van der Waals surface area (Å²) in [6.07, 6.45) is 2.44. The predicted octanol–water partition coefficient (Wildman–Crippen LogP) is 2.49. The van der Waals surface area contributed by atoms with Crippen LogP contribution in [0.3, 0.4) is 0 Å². The first kappa shape index (κ1) is 18.1. The van der Waals surface area contributed by atoms with Crippen molar-refractivity contribution in [1.29, 1.82) is 0 Å². The standard InChI is InChI=1S/C16H21N3O2S.ClH/c20-15(9-14-10-22-7-6-17-14)18-12-2-1-3-13(8-12)19-16(21)11-4-5-11;/h1-3,8,11,14,17H,4-7,9-10H2,(H,18,20)(H,19,21);1H. The highest BCUT2D eigenvalue weighted by Crippen LogP contribution is 2.30. The second-order valence-electron chi connectivity index (χ2n) is 5.82. The fraction of sp³-hybridized carbons (Fsp3) is 0.500. The van der Waals surface area contributed by atoms with Gasteiger partial charge in [-0.15, -0.1) is 12.4 Å². The summed E-state index contributed by atoms with van der Waals surface area (Å²) in [6, 6.07) is 7.58. The fourth-order valence-corrected chi connectivity index (χ4v) is 3.40. The number of hydrogen-bond donors (Lipinski definition) is 3. The second kappa shape index (κ2) is 8.57. The van der Waals surface area contributed by atoms with Crippen molar-refractivity contribution in [2.45, 2.75) is 25.3 Å². The molecule has 23 heavy (non-hydrogen) atoms. The zero-order valence-corrected chi connectivity index (χ0v) is 14.5. The van der Waals surface area contributed by atoms with Crippen LogP contribution in [0.5, 0.6) is 0 Å². The van der Waals surface area contributed by atoms with Gasteiger partial charge in [-0.2, -0.15) is 11.8 Å². The molecule has 2 fully saturated rings. The molecular formula is C16H22ClN3O2S. The van der Waals surface area contributed by atoms with Crippen LogP contribution in [0.4, 0.5) is 11.4 Å². The quantitative estimate of drug-likeness (QED) is 0.759. The van der Waals surface area contributed by atoms with Gasteiger partial charge in [0, 0.05) is 47.8 Å². The first-order valence-electron chi connectivity index (χ1n) is 7.72. The molecule has 1 aromatic rings. The van der Waals surface area contributed by atoms with Gasteiger partial charge in [-0.1, -0.05) is 6.07 Å². The number of carbonyl (C=O) groups is 2. The number of nitrogens with one attached hydrogen (secondary N) is 3. The van der Waals surface area contributed by atoms with Crippen LogP contribution in [-0.2, 0) is 9.59 Å². The number of amides is 2. The summed E-state index contributed by atoms with van der Waals surface area (Å²) >= 11 is 1.88. The van der Waals surface area contributed by atoms with E-state index in [9.17, 15) is 9.59 Å². The van der Waals surface area contributed by atoms with Crippen molar-refractivity contribution in [3.05, 3.63) is 24.3 Å². The minimum Gasteiger partial charge on any atom is -0.326 e. The van der Waals surface area contributed by atoms with Gasteiger partial charge in [-0.25, -0.2) is 0 Å². The third-order valence-electron chi connectivity index (χ3n) is 3.79. The Bertz CT molecular complexity index is 560. The third kappa shape index (κ3) is 5.71. The summed E-state index contributed by atoms with van der Waals surface area (Å²) in [4.78, 5) is 23.8. The Morgan fingerprint density at radius 2 is 1.96 bits per heavy atom. The number of thioether (sulfide) groups is 1. The first-order valence-corrected chi connectivity index (χ1v) is 8.88. The van der Waals surface area contributed by atoms with Gasteiger partial charge in [-0.3, -0.25) is 9.59 Å². The van der Waals surface area contributed by atoms with Crippen molar-refractivity contribution in [3.8, 4) is 0 Å². The highest BCUT2D eigenvalue weighted by Gasteiger charge is 2.29. The monoisotopic (exact) mass is 355 g/mol. The molecule has 1 aliphatic heterocycles.